The Morgan fingerprint density at radius 3 is 2.68 bits per heavy atom. The topological polar surface area (TPSA) is 91.6 Å². The smallest absolute Gasteiger partial charge is 0.164 e. The molecule has 162 valence electrons. The van der Waals surface area contributed by atoms with Gasteiger partial charge in [0.1, 0.15) is 17.1 Å². The average Bonchev–Trinajstić information content (AvgIpc) is 2.81. The molecule has 2 aromatic heterocycles. The first-order valence-corrected chi connectivity index (χ1v) is 11.9. The van der Waals surface area contributed by atoms with Crippen LogP contribution >= 0.6 is 8.38 Å². The van der Waals surface area contributed by atoms with Gasteiger partial charge in [-0.25, -0.2) is 9.97 Å². The van der Waals surface area contributed by atoms with Gasteiger partial charge in [0.2, 0.25) is 0 Å². The number of ether oxygens (including phenoxy) is 1. The fourth-order valence-corrected chi connectivity index (χ4v) is 4.58. The number of aromatic nitrogens is 3. The van der Waals surface area contributed by atoms with E-state index in [-0.39, 0.29) is 0 Å². The molecular formula is C23H27N4O3P. The van der Waals surface area contributed by atoms with E-state index in [1.54, 1.807) is 19.5 Å². The third-order valence-corrected chi connectivity index (χ3v) is 6.33. The molecule has 1 aliphatic rings. The zero-order valence-corrected chi connectivity index (χ0v) is 18.4. The Kier molecular flexibility index (Phi) is 7.07. The SMILES string of the molecule is COc1cccc2c(N3CCC(CCP(O)O)CC3)nc(/C=C/c3cccnc3)nc12. The molecule has 0 unspecified atom stereocenters. The van der Waals surface area contributed by atoms with E-state index in [0.29, 0.717) is 17.9 Å². The molecule has 7 nitrogen and oxygen atoms in total. The monoisotopic (exact) mass is 438 g/mol. The maximum atomic E-state index is 9.21. The first kappa shape index (κ1) is 21.6. The molecule has 2 N–H and O–H groups in total. The minimum absolute atomic E-state index is 0.497. The molecule has 3 aromatic rings. The Labute approximate surface area is 183 Å². The molecular weight excluding hydrogens is 411 g/mol. The van der Waals surface area contributed by atoms with Crippen molar-refractivity contribution in [1.29, 1.82) is 0 Å². The Balaban J connectivity index is 1.63. The number of benzene rings is 1. The van der Waals surface area contributed by atoms with Crippen molar-refractivity contribution >= 4 is 37.2 Å². The Bertz CT molecular complexity index is 1040. The molecule has 1 aliphatic heterocycles. The van der Waals surface area contributed by atoms with Gasteiger partial charge in [-0.05, 0) is 61.1 Å². The van der Waals surface area contributed by atoms with E-state index in [2.05, 4.69) is 9.88 Å². The summed E-state index contributed by atoms with van der Waals surface area (Å²) in [5.74, 6) is 2.79. The van der Waals surface area contributed by atoms with E-state index in [0.717, 1.165) is 60.4 Å². The van der Waals surface area contributed by atoms with E-state index in [9.17, 15) is 9.79 Å². The molecule has 0 spiro atoms. The van der Waals surface area contributed by atoms with Gasteiger partial charge >= 0.3 is 0 Å². The summed E-state index contributed by atoms with van der Waals surface area (Å²) in [5, 5.41) is 0.977. The molecule has 0 saturated carbocycles. The number of hydrogen-bond acceptors (Lipinski definition) is 7. The zero-order chi connectivity index (χ0) is 21.6. The molecule has 4 rings (SSSR count). The lowest BCUT2D eigenvalue weighted by Crippen LogP contribution is -2.34. The third kappa shape index (κ3) is 5.37. The fourth-order valence-electron chi connectivity index (χ4n) is 3.98. The van der Waals surface area contributed by atoms with Gasteiger partial charge in [0.25, 0.3) is 0 Å². The number of fused-ring (bicyclic) bond motifs is 1. The van der Waals surface area contributed by atoms with Crippen LogP contribution in [0.5, 0.6) is 5.75 Å². The van der Waals surface area contributed by atoms with Crippen molar-refractivity contribution in [3.8, 4) is 5.75 Å². The van der Waals surface area contributed by atoms with Crippen LogP contribution in [0.15, 0.2) is 42.7 Å². The highest BCUT2D eigenvalue weighted by molar-refractivity contribution is 7.45. The second-order valence-corrected chi connectivity index (χ2v) is 8.89. The number of pyridine rings is 1. The van der Waals surface area contributed by atoms with Gasteiger partial charge in [-0.3, -0.25) is 4.98 Å². The summed E-state index contributed by atoms with van der Waals surface area (Å²) < 4.78 is 5.57. The van der Waals surface area contributed by atoms with Gasteiger partial charge in [0.15, 0.2) is 14.2 Å². The van der Waals surface area contributed by atoms with Crippen molar-refractivity contribution in [3.05, 3.63) is 54.1 Å². The number of hydrogen-bond donors (Lipinski definition) is 2. The second-order valence-electron chi connectivity index (χ2n) is 7.70. The minimum atomic E-state index is -1.80. The van der Waals surface area contributed by atoms with Crippen LogP contribution in [0.3, 0.4) is 0 Å². The van der Waals surface area contributed by atoms with Crippen LogP contribution in [0.2, 0.25) is 0 Å². The molecule has 31 heavy (non-hydrogen) atoms. The predicted molar refractivity (Wildman–Crippen MR) is 125 cm³/mol. The van der Waals surface area contributed by atoms with E-state index in [4.69, 9.17) is 14.7 Å². The van der Waals surface area contributed by atoms with Crippen molar-refractivity contribution in [2.45, 2.75) is 19.3 Å². The van der Waals surface area contributed by atoms with E-state index < -0.39 is 8.38 Å². The third-order valence-electron chi connectivity index (χ3n) is 5.67. The van der Waals surface area contributed by atoms with E-state index in [1.165, 1.54) is 0 Å². The van der Waals surface area contributed by atoms with Crippen molar-refractivity contribution < 1.29 is 14.5 Å². The van der Waals surface area contributed by atoms with Gasteiger partial charge in [0.05, 0.1) is 7.11 Å². The van der Waals surface area contributed by atoms with Gasteiger partial charge in [-0.1, -0.05) is 12.1 Å². The van der Waals surface area contributed by atoms with E-state index in [1.807, 2.05) is 42.5 Å². The first-order valence-electron chi connectivity index (χ1n) is 10.5. The number of anilines is 1. The quantitative estimate of drug-likeness (QED) is 0.537. The molecule has 0 radical (unpaired) electrons. The van der Waals surface area contributed by atoms with Crippen LogP contribution in [0.25, 0.3) is 23.1 Å². The summed E-state index contributed by atoms with van der Waals surface area (Å²) in [6.45, 7) is 1.77. The predicted octanol–water partition coefficient (Wildman–Crippen LogP) is 4.11. The number of nitrogens with zero attached hydrogens (tertiary/aromatic N) is 4. The van der Waals surface area contributed by atoms with Crippen LogP contribution in [0.4, 0.5) is 5.82 Å². The summed E-state index contributed by atoms with van der Waals surface area (Å²) in [5.41, 5.74) is 1.79. The lowest BCUT2D eigenvalue weighted by atomic mass is 9.94. The molecule has 1 aromatic carbocycles. The number of rotatable bonds is 7. The lowest BCUT2D eigenvalue weighted by Gasteiger charge is -2.33. The zero-order valence-electron chi connectivity index (χ0n) is 17.6. The van der Waals surface area contributed by atoms with Crippen molar-refractivity contribution in [1.82, 2.24) is 15.0 Å². The summed E-state index contributed by atoms with van der Waals surface area (Å²) in [4.78, 5) is 34.5. The van der Waals surface area contributed by atoms with Crippen molar-refractivity contribution in [2.24, 2.45) is 5.92 Å². The summed E-state index contributed by atoms with van der Waals surface area (Å²) in [6.07, 6.45) is 10.8. The number of methoxy groups -OCH3 is 1. The second kappa shape index (κ2) is 10.1. The summed E-state index contributed by atoms with van der Waals surface area (Å²) in [7, 11) is -0.140. The summed E-state index contributed by atoms with van der Waals surface area (Å²) in [6, 6.07) is 9.81. The molecule has 0 atom stereocenters. The largest absolute Gasteiger partial charge is 0.494 e. The Morgan fingerprint density at radius 1 is 1.13 bits per heavy atom. The summed E-state index contributed by atoms with van der Waals surface area (Å²) >= 11 is 0. The van der Waals surface area contributed by atoms with Gasteiger partial charge in [-0.2, -0.15) is 0 Å². The fraction of sp³-hybridized carbons (Fsp3) is 0.348. The highest BCUT2D eigenvalue weighted by Crippen LogP contribution is 2.34. The standard InChI is InChI=1S/C23H27N4O3P/c1-30-20-6-2-5-19-22(20)25-21(8-7-18-4-3-12-24-16-18)26-23(19)27-13-9-17(10-14-27)11-15-31(28)29/h2-8,12,16-17,28-29H,9-11,13-15H2,1H3/b8-7+. The van der Waals surface area contributed by atoms with Crippen LogP contribution in [0.1, 0.15) is 30.7 Å². The van der Waals surface area contributed by atoms with Crippen molar-refractivity contribution in [3.63, 3.8) is 0 Å². The molecule has 8 heteroatoms. The van der Waals surface area contributed by atoms with E-state index >= 15 is 0 Å². The highest BCUT2D eigenvalue weighted by atomic mass is 31.2. The minimum Gasteiger partial charge on any atom is -0.494 e. The average molecular weight is 438 g/mol. The lowest BCUT2D eigenvalue weighted by molar-refractivity contribution is 0.386. The molecule has 3 heterocycles. The number of piperidine rings is 1. The first-order chi connectivity index (χ1) is 15.1. The van der Waals surface area contributed by atoms with Gasteiger partial charge in [-0.15, -0.1) is 0 Å². The van der Waals surface area contributed by atoms with Crippen LogP contribution in [0, 0.1) is 5.92 Å². The van der Waals surface area contributed by atoms with Crippen LogP contribution in [-0.4, -0.2) is 51.1 Å². The van der Waals surface area contributed by atoms with Crippen molar-refractivity contribution in [2.75, 3.05) is 31.3 Å². The molecule has 0 aliphatic carbocycles. The van der Waals surface area contributed by atoms with Gasteiger partial charge in [0, 0.05) is 37.0 Å². The van der Waals surface area contributed by atoms with Crippen LogP contribution < -0.4 is 9.64 Å². The number of para-hydroxylation sites is 1. The molecule has 1 saturated heterocycles. The maximum absolute atomic E-state index is 9.21. The van der Waals surface area contributed by atoms with Crippen LogP contribution in [-0.2, 0) is 0 Å². The Hall–Kier alpha value is -2.60. The normalized spacial score (nSPS) is 15.3. The van der Waals surface area contributed by atoms with Gasteiger partial charge < -0.3 is 19.4 Å². The highest BCUT2D eigenvalue weighted by Gasteiger charge is 2.23. The Morgan fingerprint density at radius 2 is 1.97 bits per heavy atom. The molecule has 1 fully saturated rings. The molecule has 0 bridgehead atoms. The molecule has 0 amide bonds. The maximum Gasteiger partial charge on any atom is 0.164 e.